The summed E-state index contributed by atoms with van der Waals surface area (Å²) in [5.74, 6) is 3.68. The van der Waals surface area contributed by atoms with Crippen LogP contribution in [0.1, 0.15) is 50.1 Å². The molecule has 1 heterocycles. The minimum Gasteiger partial charge on any atom is -0.496 e. The zero-order chi connectivity index (χ0) is 19.1. The Morgan fingerprint density at radius 1 is 1.18 bits per heavy atom. The van der Waals surface area contributed by atoms with Gasteiger partial charge in [-0.25, -0.2) is 0 Å². The number of hydrogen-bond acceptors (Lipinski definition) is 4. The van der Waals surface area contributed by atoms with Crippen LogP contribution in [-0.2, 0) is 4.79 Å². The first-order valence-electron chi connectivity index (χ1n) is 11.0. The summed E-state index contributed by atoms with van der Waals surface area (Å²) in [6.07, 6.45) is 7.85. The Balaban J connectivity index is 1.28. The summed E-state index contributed by atoms with van der Waals surface area (Å²) in [6.45, 7) is 3.14. The number of ether oxygens (including phenoxy) is 1. The molecule has 1 unspecified atom stereocenters. The van der Waals surface area contributed by atoms with Crippen molar-refractivity contribution in [2.24, 2.45) is 17.8 Å². The lowest BCUT2D eigenvalue weighted by atomic mass is 9.53. The molecule has 1 atom stereocenters. The number of nitrogens with zero attached hydrogens (tertiary/aromatic N) is 1. The second kappa shape index (κ2) is 7.34. The van der Waals surface area contributed by atoms with E-state index < -0.39 is 0 Å². The van der Waals surface area contributed by atoms with Gasteiger partial charge >= 0.3 is 0 Å². The molecule has 0 aromatic heterocycles. The summed E-state index contributed by atoms with van der Waals surface area (Å²) < 4.78 is 5.59. The molecule has 5 nitrogen and oxygen atoms in total. The maximum atomic E-state index is 13.1. The van der Waals surface area contributed by atoms with Crippen LogP contribution in [0.4, 0.5) is 0 Å². The van der Waals surface area contributed by atoms with Crippen molar-refractivity contribution in [2.45, 2.75) is 50.1 Å². The van der Waals surface area contributed by atoms with Crippen LogP contribution in [0.15, 0.2) is 24.3 Å². The van der Waals surface area contributed by atoms with E-state index in [0.29, 0.717) is 6.54 Å². The van der Waals surface area contributed by atoms with E-state index >= 15 is 0 Å². The summed E-state index contributed by atoms with van der Waals surface area (Å²) in [5, 5.41) is 7.03. The van der Waals surface area contributed by atoms with Crippen molar-refractivity contribution >= 4 is 5.91 Å². The molecule has 4 bridgehead atoms. The van der Waals surface area contributed by atoms with Crippen LogP contribution in [-0.4, -0.2) is 49.6 Å². The molecule has 5 heteroatoms. The van der Waals surface area contributed by atoms with Crippen molar-refractivity contribution in [3.05, 3.63) is 29.8 Å². The SMILES string of the molecule is COc1ccccc1C1CNCCN1CC(=O)NC12CC3CC(CC(C3)C1)C2. The van der Waals surface area contributed by atoms with E-state index in [9.17, 15) is 4.79 Å². The number of carbonyl (C=O) groups is 1. The second-order valence-corrected chi connectivity index (χ2v) is 9.68. The Morgan fingerprint density at radius 2 is 1.86 bits per heavy atom. The maximum absolute atomic E-state index is 13.1. The summed E-state index contributed by atoms with van der Waals surface area (Å²) in [6, 6.07) is 8.37. The summed E-state index contributed by atoms with van der Waals surface area (Å²) in [7, 11) is 1.72. The first-order chi connectivity index (χ1) is 13.6. The molecule has 1 aliphatic heterocycles. The van der Waals surface area contributed by atoms with E-state index in [1.54, 1.807) is 7.11 Å². The average molecular weight is 384 g/mol. The molecule has 1 aromatic carbocycles. The number of methoxy groups -OCH3 is 1. The third-order valence-corrected chi connectivity index (χ3v) is 7.64. The Bertz CT molecular complexity index is 699. The van der Waals surface area contributed by atoms with Crippen molar-refractivity contribution in [1.82, 2.24) is 15.5 Å². The van der Waals surface area contributed by atoms with Gasteiger partial charge in [0.25, 0.3) is 0 Å². The third kappa shape index (κ3) is 3.43. The third-order valence-electron chi connectivity index (χ3n) is 7.64. The van der Waals surface area contributed by atoms with Crippen LogP contribution >= 0.6 is 0 Å². The van der Waals surface area contributed by atoms with Crippen molar-refractivity contribution in [3.8, 4) is 5.75 Å². The molecule has 1 saturated heterocycles. The smallest absolute Gasteiger partial charge is 0.234 e. The molecule has 6 rings (SSSR count). The van der Waals surface area contributed by atoms with E-state index in [0.717, 1.165) is 43.1 Å². The van der Waals surface area contributed by atoms with Crippen LogP contribution in [0.3, 0.4) is 0 Å². The number of carbonyl (C=O) groups excluding carboxylic acids is 1. The van der Waals surface area contributed by atoms with Crippen LogP contribution in [0.5, 0.6) is 5.75 Å². The summed E-state index contributed by atoms with van der Waals surface area (Å²) in [5.41, 5.74) is 1.26. The zero-order valence-corrected chi connectivity index (χ0v) is 17.0. The fraction of sp³-hybridized carbons (Fsp3) is 0.696. The molecule has 5 aliphatic rings. The molecule has 1 aromatic rings. The lowest BCUT2D eigenvalue weighted by molar-refractivity contribution is -0.128. The minimum atomic E-state index is 0.0970. The van der Waals surface area contributed by atoms with Crippen LogP contribution in [0.25, 0.3) is 0 Å². The molecule has 5 fully saturated rings. The summed E-state index contributed by atoms with van der Waals surface area (Å²) in [4.78, 5) is 15.4. The first-order valence-corrected chi connectivity index (χ1v) is 11.0. The van der Waals surface area contributed by atoms with Crippen molar-refractivity contribution in [3.63, 3.8) is 0 Å². The highest BCUT2D eigenvalue weighted by Crippen LogP contribution is 2.55. The lowest BCUT2D eigenvalue weighted by Gasteiger charge is -2.57. The van der Waals surface area contributed by atoms with Gasteiger partial charge in [0.1, 0.15) is 5.75 Å². The van der Waals surface area contributed by atoms with Gasteiger partial charge in [0, 0.05) is 30.7 Å². The summed E-state index contributed by atoms with van der Waals surface area (Å²) >= 11 is 0. The number of amides is 1. The highest BCUT2D eigenvalue weighted by molar-refractivity contribution is 5.79. The van der Waals surface area contributed by atoms with E-state index in [4.69, 9.17) is 4.74 Å². The molecule has 0 spiro atoms. The largest absolute Gasteiger partial charge is 0.496 e. The van der Waals surface area contributed by atoms with Crippen molar-refractivity contribution < 1.29 is 9.53 Å². The fourth-order valence-electron chi connectivity index (χ4n) is 6.97. The lowest BCUT2D eigenvalue weighted by Crippen LogP contribution is -2.61. The number of hydrogen-bond donors (Lipinski definition) is 2. The average Bonchev–Trinajstić information content (AvgIpc) is 2.67. The van der Waals surface area contributed by atoms with Crippen LogP contribution in [0, 0.1) is 17.8 Å². The molecule has 1 amide bonds. The van der Waals surface area contributed by atoms with Gasteiger partial charge in [-0.1, -0.05) is 18.2 Å². The van der Waals surface area contributed by atoms with E-state index in [1.165, 1.54) is 44.1 Å². The van der Waals surface area contributed by atoms with E-state index in [-0.39, 0.29) is 17.5 Å². The first kappa shape index (κ1) is 18.4. The molecule has 152 valence electrons. The Kier molecular flexibility index (Phi) is 4.84. The monoisotopic (exact) mass is 383 g/mol. The van der Waals surface area contributed by atoms with Gasteiger partial charge in [-0.15, -0.1) is 0 Å². The van der Waals surface area contributed by atoms with Crippen LogP contribution in [0.2, 0.25) is 0 Å². The van der Waals surface area contributed by atoms with Gasteiger partial charge < -0.3 is 15.4 Å². The molecule has 4 aliphatic carbocycles. The van der Waals surface area contributed by atoms with Gasteiger partial charge in [-0.2, -0.15) is 0 Å². The highest BCUT2D eigenvalue weighted by Gasteiger charge is 2.51. The molecular weight excluding hydrogens is 350 g/mol. The normalized spacial score (nSPS) is 37.0. The molecule has 2 N–H and O–H groups in total. The van der Waals surface area contributed by atoms with E-state index in [1.807, 2.05) is 12.1 Å². The van der Waals surface area contributed by atoms with E-state index in [2.05, 4.69) is 27.7 Å². The van der Waals surface area contributed by atoms with Gasteiger partial charge in [0.15, 0.2) is 0 Å². The van der Waals surface area contributed by atoms with Gasteiger partial charge in [-0.05, 0) is 62.3 Å². The topological polar surface area (TPSA) is 53.6 Å². The molecule has 28 heavy (non-hydrogen) atoms. The second-order valence-electron chi connectivity index (χ2n) is 9.68. The number of nitrogens with one attached hydrogen (secondary N) is 2. The van der Waals surface area contributed by atoms with Crippen LogP contribution < -0.4 is 15.4 Å². The van der Waals surface area contributed by atoms with Crippen molar-refractivity contribution in [1.29, 1.82) is 0 Å². The quantitative estimate of drug-likeness (QED) is 0.821. The predicted molar refractivity (Wildman–Crippen MR) is 109 cm³/mol. The number of benzene rings is 1. The van der Waals surface area contributed by atoms with Gasteiger partial charge in [-0.3, -0.25) is 9.69 Å². The van der Waals surface area contributed by atoms with Gasteiger partial charge in [0.05, 0.1) is 19.7 Å². The highest BCUT2D eigenvalue weighted by atomic mass is 16.5. The maximum Gasteiger partial charge on any atom is 0.234 e. The predicted octanol–water partition coefficient (Wildman–Crippen LogP) is 2.73. The molecular formula is C23H33N3O2. The standard InChI is InChI=1S/C23H33N3O2/c1-28-21-5-3-2-4-19(21)20-14-24-6-7-26(20)15-22(27)25-23-11-16-8-17(12-23)10-18(9-16)13-23/h2-5,16-18,20,24H,6-15H2,1H3,(H,25,27). The van der Waals surface area contributed by atoms with Crippen molar-refractivity contribution in [2.75, 3.05) is 33.3 Å². The Hall–Kier alpha value is -1.59. The minimum absolute atomic E-state index is 0.0970. The number of rotatable bonds is 5. The number of para-hydroxylation sites is 1. The number of piperazine rings is 1. The van der Waals surface area contributed by atoms with Gasteiger partial charge in [0.2, 0.25) is 5.91 Å². The fourth-order valence-corrected chi connectivity index (χ4v) is 6.97. The molecule has 4 saturated carbocycles. The molecule has 0 radical (unpaired) electrons. The Morgan fingerprint density at radius 3 is 2.54 bits per heavy atom. The zero-order valence-electron chi connectivity index (χ0n) is 17.0. The Labute approximate surface area is 168 Å².